The fourth-order valence-electron chi connectivity index (χ4n) is 3.25. The molecule has 2 heterocycles. The Balaban J connectivity index is 1.63. The van der Waals surface area contributed by atoms with Crippen LogP contribution in [0.3, 0.4) is 0 Å². The number of fused-ring (bicyclic) bond motifs is 1. The molecule has 0 unspecified atom stereocenters. The van der Waals surface area contributed by atoms with Crippen molar-refractivity contribution in [3.8, 4) is 11.3 Å². The van der Waals surface area contributed by atoms with Crippen molar-refractivity contribution in [1.82, 2.24) is 9.55 Å². The number of aromatic nitrogens is 2. The zero-order chi connectivity index (χ0) is 19.7. The first-order valence-corrected chi connectivity index (χ1v) is 9.24. The van der Waals surface area contributed by atoms with E-state index in [4.69, 9.17) is 11.6 Å². The highest BCUT2D eigenvalue weighted by Gasteiger charge is 2.14. The summed E-state index contributed by atoms with van der Waals surface area (Å²) in [4.78, 5) is 17.2. The van der Waals surface area contributed by atoms with Gasteiger partial charge in [-0.3, -0.25) is 9.78 Å². The molecule has 1 amide bonds. The van der Waals surface area contributed by atoms with Crippen LogP contribution in [0.2, 0.25) is 5.02 Å². The first kappa shape index (κ1) is 18.1. The molecule has 2 aromatic carbocycles. The molecule has 0 aliphatic carbocycles. The van der Waals surface area contributed by atoms with Crippen molar-refractivity contribution >= 4 is 39.8 Å². The maximum atomic E-state index is 12.9. The van der Waals surface area contributed by atoms with E-state index in [0.717, 1.165) is 22.2 Å². The van der Waals surface area contributed by atoms with E-state index in [-0.39, 0.29) is 5.91 Å². The molecule has 0 saturated heterocycles. The summed E-state index contributed by atoms with van der Waals surface area (Å²) >= 11 is 6.25. The van der Waals surface area contributed by atoms with E-state index in [2.05, 4.69) is 15.6 Å². The van der Waals surface area contributed by atoms with Crippen molar-refractivity contribution in [2.75, 3.05) is 17.7 Å². The molecule has 0 fully saturated rings. The minimum absolute atomic E-state index is 0.182. The van der Waals surface area contributed by atoms with Crippen LogP contribution in [0.15, 0.2) is 67.0 Å². The maximum absolute atomic E-state index is 12.9. The fourth-order valence-corrected chi connectivity index (χ4v) is 3.48. The largest absolute Gasteiger partial charge is 0.387 e. The van der Waals surface area contributed by atoms with Gasteiger partial charge in [0.25, 0.3) is 5.91 Å². The summed E-state index contributed by atoms with van der Waals surface area (Å²) < 4.78 is 2.04. The van der Waals surface area contributed by atoms with E-state index in [1.54, 1.807) is 31.4 Å². The van der Waals surface area contributed by atoms with Gasteiger partial charge in [0.1, 0.15) is 0 Å². The van der Waals surface area contributed by atoms with E-state index in [9.17, 15) is 4.79 Å². The number of hydrogen-bond donors (Lipinski definition) is 2. The highest BCUT2D eigenvalue weighted by atomic mass is 35.5. The van der Waals surface area contributed by atoms with E-state index < -0.39 is 0 Å². The van der Waals surface area contributed by atoms with Crippen molar-refractivity contribution in [1.29, 1.82) is 0 Å². The number of carbonyl (C=O) groups is 1. The summed E-state index contributed by atoms with van der Waals surface area (Å²) in [6.45, 7) is 0. The van der Waals surface area contributed by atoms with Gasteiger partial charge in [0.05, 0.1) is 16.3 Å². The van der Waals surface area contributed by atoms with Gasteiger partial charge in [-0.05, 0) is 48.5 Å². The van der Waals surface area contributed by atoms with Gasteiger partial charge in [-0.15, -0.1) is 0 Å². The normalized spacial score (nSPS) is 10.8. The second-order valence-corrected chi connectivity index (χ2v) is 6.91. The number of hydrogen-bond acceptors (Lipinski definition) is 3. The molecule has 4 aromatic rings. The average Bonchev–Trinajstić information content (AvgIpc) is 3.08. The van der Waals surface area contributed by atoms with Gasteiger partial charge in [0.2, 0.25) is 0 Å². The Morgan fingerprint density at radius 2 is 1.96 bits per heavy atom. The highest BCUT2D eigenvalue weighted by Crippen LogP contribution is 2.29. The number of halogens is 1. The molecule has 0 radical (unpaired) electrons. The zero-order valence-corrected chi connectivity index (χ0v) is 16.3. The van der Waals surface area contributed by atoms with Gasteiger partial charge in [0.15, 0.2) is 0 Å². The van der Waals surface area contributed by atoms with Crippen molar-refractivity contribution in [2.24, 2.45) is 7.05 Å². The Kier molecular flexibility index (Phi) is 4.75. The highest BCUT2D eigenvalue weighted by molar-refractivity contribution is 6.33. The van der Waals surface area contributed by atoms with Crippen LogP contribution in [-0.4, -0.2) is 22.5 Å². The van der Waals surface area contributed by atoms with E-state index in [1.807, 2.05) is 54.2 Å². The Hall–Kier alpha value is -3.31. The zero-order valence-electron chi connectivity index (χ0n) is 15.5. The van der Waals surface area contributed by atoms with Gasteiger partial charge in [-0.2, -0.15) is 0 Å². The fraction of sp³-hybridized carbons (Fsp3) is 0.0909. The third-order valence-electron chi connectivity index (χ3n) is 4.71. The predicted molar refractivity (Wildman–Crippen MR) is 115 cm³/mol. The monoisotopic (exact) mass is 390 g/mol. The first-order chi connectivity index (χ1) is 13.6. The van der Waals surface area contributed by atoms with Crippen molar-refractivity contribution in [2.45, 2.75) is 0 Å². The lowest BCUT2D eigenvalue weighted by atomic mass is 10.0. The Bertz CT molecular complexity index is 1180. The number of rotatable bonds is 4. The van der Waals surface area contributed by atoms with E-state index >= 15 is 0 Å². The Labute approximate surface area is 168 Å². The second kappa shape index (κ2) is 7.37. The topological polar surface area (TPSA) is 59.0 Å². The van der Waals surface area contributed by atoms with E-state index in [0.29, 0.717) is 22.0 Å². The summed E-state index contributed by atoms with van der Waals surface area (Å²) in [6.07, 6.45) is 3.69. The van der Waals surface area contributed by atoms with Crippen molar-refractivity contribution in [3.05, 3.63) is 77.6 Å². The molecule has 2 aromatic heterocycles. The summed E-state index contributed by atoms with van der Waals surface area (Å²) in [5.41, 5.74) is 4.65. The van der Waals surface area contributed by atoms with Crippen LogP contribution in [0.1, 0.15) is 10.4 Å². The average molecular weight is 391 g/mol. The summed E-state index contributed by atoms with van der Waals surface area (Å²) in [5.74, 6) is -0.182. The third-order valence-corrected chi connectivity index (χ3v) is 5.01. The molecule has 0 spiro atoms. The molecular weight excluding hydrogens is 372 g/mol. The lowest BCUT2D eigenvalue weighted by molar-refractivity contribution is 0.102. The van der Waals surface area contributed by atoms with Gasteiger partial charge >= 0.3 is 0 Å². The standard InChI is InChI=1S/C22H19ClN4O/c1-24-19-13-15(21-18(23)4-3-10-25-21)5-7-17(19)22(28)26-16-6-8-20-14(12-16)9-11-27(20)2/h3-13,24H,1-2H3,(H,26,28). The first-order valence-electron chi connectivity index (χ1n) is 8.86. The molecule has 6 heteroatoms. The number of amides is 1. The second-order valence-electron chi connectivity index (χ2n) is 6.50. The molecule has 4 rings (SSSR count). The number of nitrogens with one attached hydrogen (secondary N) is 2. The molecular formula is C22H19ClN4O. The third kappa shape index (κ3) is 3.32. The smallest absolute Gasteiger partial charge is 0.257 e. The van der Waals surface area contributed by atoms with Crippen LogP contribution in [0.25, 0.3) is 22.2 Å². The number of benzene rings is 2. The van der Waals surface area contributed by atoms with Crippen LogP contribution in [-0.2, 0) is 7.05 Å². The van der Waals surface area contributed by atoms with Crippen LogP contribution in [0, 0.1) is 0 Å². The van der Waals surface area contributed by atoms with Crippen molar-refractivity contribution < 1.29 is 4.79 Å². The minimum Gasteiger partial charge on any atom is -0.387 e. The van der Waals surface area contributed by atoms with Gasteiger partial charge < -0.3 is 15.2 Å². The number of aryl methyl sites for hydroxylation is 1. The lowest BCUT2D eigenvalue weighted by Gasteiger charge is -2.12. The summed E-state index contributed by atoms with van der Waals surface area (Å²) in [6, 6.07) is 17.0. The molecule has 2 N–H and O–H groups in total. The van der Waals surface area contributed by atoms with Crippen molar-refractivity contribution in [3.63, 3.8) is 0 Å². The predicted octanol–water partition coefficient (Wildman–Crippen LogP) is 5.19. The number of nitrogens with zero attached hydrogens (tertiary/aromatic N) is 2. The summed E-state index contributed by atoms with van der Waals surface area (Å²) in [7, 11) is 3.78. The Morgan fingerprint density at radius 1 is 1.11 bits per heavy atom. The maximum Gasteiger partial charge on any atom is 0.257 e. The van der Waals surface area contributed by atoms with Crippen LogP contribution in [0.4, 0.5) is 11.4 Å². The number of anilines is 2. The van der Waals surface area contributed by atoms with Crippen LogP contribution < -0.4 is 10.6 Å². The van der Waals surface area contributed by atoms with Gasteiger partial charge in [0, 0.05) is 54.3 Å². The van der Waals surface area contributed by atoms with Crippen LogP contribution in [0.5, 0.6) is 0 Å². The Morgan fingerprint density at radius 3 is 2.75 bits per heavy atom. The van der Waals surface area contributed by atoms with Crippen LogP contribution >= 0.6 is 11.6 Å². The molecule has 28 heavy (non-hydrogen) atoms. The molecule has 0 bridgehead atoms. The molecule has 0 aliphatic rings. The van der Waals surface area contributed by atoms with Gasteiger partial charge in [-0.1, -0.05) is 17.7 Å². The molecule has 5 nitrogen and oxygen atoms in total. The molecule has 0 saturated carbocycles. The number of carbonyl (C=O) groups excluding carboxylic acids is 1. The summed E-state index contributed by atoms with van der Waals surface area (Å²) in [5, 5.41) is 7.71. The lowest BCUT2D eigenvalue weighted by Crippen LogP contribution is -2.14. The number of pyridine rings is 1. The quantitative estimate of drug-likeness (QED) is 0.504. The molecule has 0 aliphatic heterocycles. The minimum atomic E-state index is -0.182. The molecule has 140 valence electrons. The molecule has 0 atom stereocenters. The van der Waals surface area contributed by atoms with Gasteiger partial charge in [-0.25, -0.2) is 0 Å². The SMILES string of the molecule is CNc1cc(-c2ncccc2Cl)ccc1C(=O)Nc1ccc2c(ccn2C)c1. The van der Waals surface area contributed by atoms with E-state index in [1.165, 1.54) is 0 Å².